The van der Waals surface area contributed by atoms with Crippen molar-refractivity contribution in [1.82, 2.24) is 4.90 Å². The average Bonchev–Trinajstić information content (AvgIpc) is 2.88. The van der Waals surface area contributed by atoms with Crippen LogP contribution < -0.4 is 4.74 Å². The van der Waals surface area contributed by atoms with Gasteiger partial charge >= 0.3 is 6.09 Å². The molecule has 0 unspecified atom stereocenters. The first kappa shape index (κ1) is 16.7. The SMILES string of the molecule is Cc1ccc(OCC[C@@H]2CCN(C(=O)OC(C)(C)C)C2)cc1. The molecule has 4 heteroatoms. The molecule has 0 aliphatic carbocycles. The van der Waals surface area contributed by atoms with Crippen LogP contribution in [-0.4, -0.2) is 36.3 Å². The smallest absolute Gasteiger partial charge is 0.410 e. The third-order valence-electron chi connectivity index (χ3n) is 3.75. The zero-order valence-electron chi connectivity index (χ0n) is 14.1. The third-order valence-corrected chi connectivity index (χ3v) is 3.75. The standard InChI is InChI=1S/C18H27NO3/c1-14-5-7-16(8-6-14)21-12-10-15-9-11-19(13-15)17(20)22-18(2,3)4/h5-8,15H,9-13H2,1-4H3/t15-/m0/s1. The molecule has 1 aliphatic rings. The molecule has 22 heavy (non-hydrogen) atoms. The number of carbonyl (C=O) groups is 1. The van der Waals surface area contributed by atoms with Crippen LogP contribution in [0.1, 0.15) is 39.2 Å². The second kappa shape index (κ2) is 7.03. The van der Waals surface area contributed by atoms with Crippen LogP contribution >= 0.6 is 0 Å². The molecule has 0 aromatic heterocycles. The molecular formula is C18H27NO3. The number of likely N-dealkylation sites (tertiary alicyclic amines) is 1. The summed E-state index contributed by atoms with van der Waals surface area (Å²) < 4.78 is 11.2. The number of rotatable bonds is 4. The highest BCUT2D eigenvalue weighted by atomic mass is 16.6. The van der Waals surface area contributed by atoms with Crippen LogP contribution in [0.15, 0.2) is 24.3 Å². The molecule has 1 aromatic carbocycles. The van der Waals surface area contributed by atoms with Gasteiger partial charge in [0.1, 0.15) is 11.4 Å². The predicted octanol–water partition coefficient (Wildman–Crippen LogP) is 4.02. The van der Waals surface area contributed by atoms with Gasteiger partial charge < -0.3 is 14.4 Å². The van der Waals surface area contributed by atoms with Crippen molar-refractivity contribution < 1.29 is 14.3 Å². The zero-order valence-corrected chi connectivity index (χ0v) is 14.1. The number of benzene rings is 1. The van der Waals surface area contributed by atoms with Crippen LogP contribution in [-0.2, 0) is 4.74 Å². The van der Waals surface area contributed by atoms with Crippen molar-refractivity contribution in [2.45, 2.75) is 46.1 Å². The van der Waals surface area contributed by atoms with Crippen LogP contribution in [0.25, 0.3) is 0 Å². The molecule has 0 radical (unpaired) electrons. The largest absolute Gasteiger partial charge is 0.494 e. The van der Waals surface area contributed by atoms with E-state index in [2.05, 4.69) is 19.1 Å². The first-order valence-corrected chi connectivity index (χ1v) is 8.01. The molecule has 1 aliphatic heterocycles. The number of amides is 1. The van der Waals surface area contributed by atoms with E-state index in [-0.39, 0.29) is 6.09 Å². The van der Waals surface area contributed by atoms with E-state index in [4.69, 9.17) is 9.47 Å². The molecule has 0 N–H and O–H groups in total. The molecule has 1 fully saturated rings. The molecule has 1 amide bonds. The van der Waals surface area contributed by atoms with Crippen LogP contribution in [0.2, 0.25) is 0 Å². The van der Waals surface area contributed by atoms with Crippen molar-refractivity contribution in [3.8, 4) is 5.75 Å². The first-order chi connectivity index (χ1) is 10.3. The quantitative estimate of drug-likeness (QED) is 0.843. The van der Waals surface area contributed by atoms with Gasteiger partial charge in [-0.15, -0.1) is 0 Å². The number of ether oxygens (including phenoxy) is 2. The maximum atomic E-state index is 12.0. The van der Waals surface area contributed by atoms with E-state index in [0.717, 1.165) is 31.7 Å². The molecular weight excluding hydrogens is 278 g/mol. The Morgan fingerprint density at radius 3 is 2.59 bits per heavy atom. The Balaban J connectivity index is 1.70. The molecule has 1 atom stereocenters. The Labute approximate surface area is 133 Å². The van der Waals surface area contributed by atoms with Crippen molar-refractivity contribution in [2.24, 2.45) is 5.92 Å². The molecule has 0 bridgehead atoms. The van der Waals surface area contributed by atoms with E-state index >= 15 is 0 Å². The minimum absolute atomic E-state index is 0.200. The van der Waals surface area contributed by atoms with Crippen molar-refractivity contribution >= 4 is 6.09 Å². The van der Waals surface area contributed by atoms with Gasteiger partial charge in [0.2, 0.25) is 0 Å². The lowest BCUT2D eigenvalue weighted by Gasteiger charge is -2.24. The highest BCUT2D eigenvalue weighted by molar-refractivity contribution is 5.68. The van der Waals surface area contributed by atoms with Gasteiger partial charge in [0.15, 0.2) is 0 Å². The Morgan fingerprint density at radius 1 is 1.27 bits per heavy atom. The maximum Gasteiger partial charge on any atom is 0.410 e. The zero-order chi connectivity index (χ0) is 16.2. The summed E-state index contributed by atoms with van der Waals surface area (Å²) in [6.07, 6.45) is 1.79. The summed E-state index contributed by atoms with van der Waals surface area (Å²) in [6, 6.07) is 8.10. The summed E-state index contributed by atoms with van der Waals surface area (Å²) in [4.78, 5) is 13.8. The minimum Gasteiger partial charge on any atom is -0.494 e. The summed E-state index contributed by atoms with van der Waals surface area (Å²) in [7, 11) is 0. The number of hydrogen-bond donors (Lipinski definition) is 0. The molecule has 4 nitrogen and oxygen atoms in total. The highest BCUT2D eigenvalue weighted by Crippen LogP contribution is 2.22. The van der Waals surface area contributed by atoms with E-state index in [1.165, 1.54) is 5.56 Å². The Morgan fingerprint density at radius 2 is 1.95 bits per heavy atom. The summed E-state index contributed by atoms with van der Waals surface area (Å²) in [5.74, 6) is 1.41. The summed E-state index contributed by atoms with van der Waals surface area (Å²) >= 11 is 0. The number of nitrogens with zero attached hydrogens (tertiary/aromatic N) is 1. The van der Waals surface area contributed by atoms with Gasteiger partial charge in [0, 0.05) is 13.1 Å². The van der Waals surface area contributed by atoms with Crippen molar-refractivity contribution in [2.75, 3.05) is 19.7 Å². The molecule has 122 valence electrons. The second-order valence-corrected chi connectivity index (χ2v) is 7.03. The second-order valence-electron chi connectivity index (χ2n) is 7.03. The van der Waals surface area contributed by atoms with E-state index in [1.807, 2.05) is 37.8 Å². The Kier molecular flexibility index (Phi) is 5.33. The fourth-order valence-electron chi connectivity index (χ4n) is 2.54. The van der Waals surface area contributed by atoms with Gasteiger partial charge in [-0.3, -0.25) is 0 Å². The van der Waals surface area contributed by atoms with E-state index < -0.39 is 5.60 Å². The van der Waals surface area contributed by atoms with Gasteiger partial charge in [-0.25, -0.2) is 4.79 Å². The molecule has 1 aromatic rings. The Bertz CT molecular complexity index is 490. The molecule has 1 saturated heterocycles. The van der Waals surface area contributed by atoms with Gasteiger partial charge in [0.05, 0.1) is 6.61 Å². The fraction of sp³-hybridized carbons (Fsp3) is 0.611. The maximum absolute atomic E-state index is 12.0. The number of carbonyl (C=O) groups excluding carboxylic acids is 1. The van der Waals surface area contributed by atoms with Crippen molar-refractivity contribution in [3.63, 3.8) is 0 Å². The normalized spacial score (nSPS) is 18.4. The lowest BCUT2D eigenvalue weighted by Crippen LogP contribution is -2.35. The molecule has 2 rings (SSSR count). The van der Waals surface area contributed by atoms with Crippen molar-refractivity contribution in [3.05, 3.63) is 29.8 Å². The molecule has 0 spiro atoms. The third kappa shape index (κ3) is 5.24. The molecule has 0 saturated carbocycles. The Hall–Kier alpha value is -1.71. The van der Waals surface area contributed by atoms with Gasteiger partial charge in [-0.1, -0.05) is 17.7 Å². The predicted molar refractivity (Wildman–Crippen MR) is 87.2 cm³/mol. The van der Waals surface area contributed by atoms with Gasteiger partial charge in [-0.2, -0.15) is 0 Å². The van der Waals surface area contributed by atoms with Crippen LogP contribution in [0, 0.1) is 12.8 Å². The summed E-state index contributed by atoms with van der Waals surface area (Å²) in [6.45, 7) is 10.00. The highest BCUT2D eigenvalue weighted by Gasteiger charge is 2.29. The number of aryl methyl sites for hydroxylation is 1. The topological polar surface area (TPSA) is 38.8 Å². The van der Waals surface area contributed by atoms with E-state index in [0.29, 0.717) is 12.5 Å². The minimum atomic E-state index is -0.427. The summed E-state index contributed by atoms with van der Waals surface area (Å²) in [5, 5.41) is 0. The lowest BCUT2D eigenvalue weighted by atomic mass is 10.1. The monoisotopic (exact) mass is 305 g/mol. The van der Waals surface area contributed by atoms with Crippen LogP contribution in [0.4, 0.5) is 4.79 Å². The van der Waals surface area contributed by atoms with Gasteiger partial charge in [0.25, 0.3) is 0 Å². The average molecular weight is 305 g/mol. The number of hydrogen-bond acceptors (Lipinski definition) is 3. The van der Waals surface area contributed by atoms with Crippen molar-refractivity contribution in [1.29, 1.82) is 0 Å². The van der Waals surface area contributed by atoms with Crippen LogP contribution in [0.5, 0.6) is 5.75 Å². The first-order valence-electron chi connectivity index (χ1n) is 8.01. The fourth-order valence-corrected chi connectivity index (χ4v) is 2.54. The van der Waals surface area contributed by atoms with E-state index in [9.17, 15) is 4.79 Å². The van der Waals surface area contributed by atoms with Gasteiger partial charge in [-0.05, 0) is 58.6 Å². The van der Waals surface area contributed by atoms with Crippen LogP contribution in [0.3, 0.4) is 0 Å². The van der Waals surface area contributed by atoms with E-state index in [1.54, 1.807) is 0 Å². The lowest BCUT2D eigenvalue weighted by molar-refractivity contribution is 0.0286. The molecule has 1 heterocycles. The summed E-state index contributed by atoms with van der Waals surface area (Å²) in [5.41, 5.74) is 0.806.